The van der Waals surface area contributed by atoms with Crippen molar-refractivity contribution in [1.82, 2.24) is 0 Å². The Kier molecular flexibility index (Phi) is 3.08. The molecule has 5 heteroatoms. The number of nitrogens with two attached hydrogens (primary N) is 1. The molecule has 0 aliphatic heterocycles. The molecule has 0 atom stereocenters. The van der Waals surface area contributed by atoms with Gasteiger partial charge in [-0.15, -0.1) is 0 Å². The van der Waals surface area contributed by atoms with E-state index in [0.29, 0.717) is 6.04 Å². The van der Waals surface area contributed by atoms with Crippen molar-refractivity contribution < 1.29 is 9.90 Å². The van der Waals surface area contributed by atoms with Gasteiger partial charge >= 0.3 is 5.97 Å². The van der Waals surface area contributed by atoms with E-state index in [4.69, 9.17) is 10.8 Å². The predicted octanol–water partition coefficient (Wildman–Crippen LogP) is 3.58. The zero-order chi connectivity index (χ0) is 14.6. The van der Waals surface area contributed by atoms with Crippen molar-refractivity contribution in [3.05, 3.63) is 22.2 Å². The zero-order valence-corrected chi connectivity index (χ0v) is 13.1. The molecule has 1 aliphatic rings. The molecule has 0 spiro atoms. The molecular weight excluding hydrogens is 308 g/mol. The molecule has 0 aromatic heterocycles. The van der Waals surface area contributed by atoms with Crippen LogP contribution in [0.25, 0.3) is 0 Å². The van der Waals surface area contributed by atoms with Gasteiger partial charge in [-0.25, -0.2) is 4.79 Å². The van der Waals surface area contributed by atoms with Crippen LogP contribution < -0.4 is 11.1 Å². The Morgan fingerprint density at radius 2 is 1.84 bits per heavy atom. The molecule has 0 unspecified atom stereocenters. The Labute approximate surface area is 121 Å². The van der Waals surface area contributed by atoms with Gasteiger partial charge in [-0.2, -0.15) is 0 Å². The van der Waals surface area contributed by atoms with Crippen LogP contribution >= 0.6 is 15.9 Å². The second kappa shape index (κ2) is 4.13. The van der Waals surface area contributed by atoms with Gasteiger partial charge in [0.05, 0.1) is 5.56 Å². The van der Waals surface area contributed by atoms with Gasteiger partial charge in [-0.1, -0.05) is 27.7 Å². The van der Waals surface area contributed by atoms with E-state index in [1.165, 1.54) is 0 Å². The molecule has 1 aliphatic carbocycles. The quantitative estimate of drug-likeness (QED) is 0.742. The first-order valence-electron chi connectivity index (χ1n) is 6.18. The van der Waals surface area contributed by atoms with Crippen molar-refractivity contribution in [2.75, 3.05) is 11.1 Å². The van der Waals surface area contributed by atoms with Crippen molar-refractivity contribution in [1.29, 1.82) is 0 Å². The Morgan fingerprint density at radius 3 is 2.26 bits per heavy atom. The van der Waals surface area contributed by atoms with Crippen LogP contribution in [0.4, 0.5) is 11.4 Å². The average Bonchev–Trinajstić information content (AvgIpc) is 2.63. The number of hydrogen-bond donors (Lipinski definition) is 3. The minimum atomic E-state index is -1.01. The van der Waals surface area contributed by atoms with Crippen LogP contribution in [0.5, 0.6) is 0 Å². The van der Waals surface area contributed by atoms with Crippen LogP contribution in [0.15, 0.2) is 16.6 Å². The second-order valence-corrected chi connectivity index (χ2v) is 7.10. The Hall–Kier alpha value is -1.23. The molecule has 2 rings (SSSR count). The lowest BCUT2D eigenvalue weighted by Gasteiger charge is -2.13. The number of nitrogens with one attached hydrogen (secondary N) is 1. The van der Waals surface area contributed by atoms with E-state index in [1.54, 1.807) is 12.1 Å². The summed E-state index contributed by atoms with van der Waals surface area (Å²) in [4.78, 5) is 11.1. The SMILES string of the molecule is CC1(C)C(Nc2cc(C(=O)O)c(N)cc2Br)C1(C)C. The smallest absolute Gasteiger partial charge is 0.337 e. The lowest BCUT2D eigenvalue weighted by molar-refractivity contribution is 0.0698. The molecule has 1 aromatic rings. The van der Waals surface area contributed by atoms with Gasteiger partial charge < -0.3 is 16.2 Å². The highest BCUT2D eigenvalue weighted by atomic mass is 79.9. The maximum atomic E-state index is 11.1. The molecular formula is C14H19BrN2O2. The number of halogens is 1. The van der Waals surface area contributed by atoms with Crippen molar-refractivity contribution >= 4 is 33.3 Å². The summed E-state index contributed by atoms with van der Waals surface area (Å²) in [6.07, 6.45) is 0. The Morgan fingerprint density at radius 1 is 1.32 bits per heavy atom. The molecule has 4 N–H and O–H groups in total. The Balaban J connectivity index is 2.32. The maximum absolute atomic E-state index is 11.1. The average molecular weight is 327 g/mol. The molecule has 0 radical (unpaired) electrons. The molecule has 1 aromatic carbocycles. The highest BCUT2D eigenvalue weighted by molar-refractivity contribution is 9.10. The fourth-order valence-electron chi connectivity index (χ4n) is 2.60. The molecule has 104 valence electrons. The highest BCUT2D eigenvalue weighted by Gasteiger charge is 2.65. The third-order valence-electron chi connectivity index (χ3n) is 4.69. The lowest BCUT2D eigenvalue weighted by Crippen LogP contribution is -2.12. The second-order valence-electron chi connectivity index (χ2n) is 6.25. The predicted molar refractivity (Wildman–Crippen MR) is 80.5 cm³/mol. The largest absolute Gasteiger partial charge is 0.478 e. The van der Waals surface area contributed by atoms with Crippen LogP contribution in [0.2, 0.25) is 0 Å². The fourth-order valence-corrected chi connectivity index (χ4v) is 3.07. The number of carboxylic acids is 1. The standard InChI is InChI=1S/C14H19BrN2O2/c1-13(2)12(14(13,3)4)17-10-5-7(11(18)19)9(16)6-8(10)15/h5-6,12,17H,16H2,1-4H3,(H,18,19). The number of aromatic carboxylic acids is 1. The maximum Gasteiger partial charge on any atom is 0.337 e. The van der Waals surface area contributed by atoms with Crippen molar-refractivity contribution in [3.63, 3.8) is 0 Å². The third-order valence-corrected chi connectivity index (χ3v) is 5.35. The van der Waals surface area contributed by atoms with Crippen molar-refractivity contribution in [2.24, 2.45) is 10.8 Å². The molecule has 1 fully saturated rings. The summed E-state index contributed by atoms with van der Waals surface area (Å²) in [5.41, 5.74) is 7.22. The summed E-state index contributed by atoms with van der Waals surface area (Å²) >= 11 is 3.43. The van der Waals surface area contributed by atoms with Gasteiger partial charge in [0.2, 0.25) is 0 Å². The van der Waals surface area contributed by atoms with Gasteiger partial charge in [-0.05, 0) is 38.9 Å². The molecule has 0 amide bonds. The summed E-state index contributed by atoms with van der Waals surface area (Å²) in [6, 6.07) is 3.53. The number of anilines is 2. The van der Waals surface area contributed by atoms with Gasteiger partial charge in [0.1, 0.15) is 0 Å². The van der Waals surface area contributed by atoms with Gasteiger partial charge in [0.25, 0.3) is 0 Å². The number of carbonyl (C=O) groups is 1. The molecule has 4 nitrogen and oxygen atoms in total. The Bertz CT molecular complexity index is 539. The van der Waals surface area contributed by atoms with Gasteiger partial charge in [0, 0.05) is 21.9 Å². The van der Waals surface area contributed by atoms with E-state index in [-0.39, 0.29) is 22.1 Å². The first-order chi connectivity index (χ1) is 8.59. The van der Waals surface area contributed by atoms with Crippen LogP contribution in [0.3, 0.4) is 0 Å². The minimum absolute atomic E-state index is 0.127. The fraction of sp³-hybridized carbons (Fsp3) is 0.500. The lowest BCUT2D eigenvalue weighted by atomic mass is 10.0. The van der Waals surface area contributed by atoms with E-state index in [2.05, 4.69) is 48.9 Å². The molecule has 0 heterocycles. The van der Waals surface area contributed by atoms with Crippen molar-refractivity contribution in [3.8, 4) is 0 Å². The first-order valence-corrected chi connectivity index (χ1v) is 6.97. The van der Waals surface area contributed by atoms with E-state index in [0.717, 1.165) is 10.2 Å². The van der Waals surface area contributed by atoms with E-state index >= 15 is 0 Å². The minimum Gasteiger partial charge on any atom is -0.478 e. The zero-order valence-electron chi connectivity index (χ0n) is 11.5. The van der Waals surface area contributed by atoms with E-state index in [9.17, 15) is 4.79 Å². The van der Waals surface area contributed by atoms with Crippen molar-refractivity contribution in [2.45, 2.75) is 33.7 Å². The van der Waals surface area contributed by atoms with Crippen LogP contribution in [-0.2, 0) is 0 Å². The molecule has 1 saturated carbocycles. The van der Waals surface area contributed by atoms with Crippen LogP contribution in [0.1, 0.15) is 38.1 Å². The molecule has 0 saturated heterocycles. The number of hydrogen-bond acceptors (Lipinski definition) is 3. The highest BCUT2D eigenvalue weighted by Crippen LogP contribution is 2.64. The number of rotatable bonds is 3. The van der Waals surface area contributed by atoms with Crippen LogP contribution in [-0.4, -0.2) is 17.1 Å². The first kappa shape index (κ1) is 14.2. The van der Waals surface area contributed by atoms with Crippen LogP contribution in [0, 0.1) is 10.8 Å². The summed E-state index contributed by atoms with van der Waals surface area (Å²) in [5.74, 6) is -1.01. The third kappa shape index (κ3) is 2.10. The van der Waals surface area contributed by atoms with Gasteiger partial charge in [-0.3, -0.25) is 0 Å². The molecule has 19 heavy (non-hydrogen) atoms. The summed E-state index contributed by atoms with van der Waals surface area (Å²) < 4.78 is 0.786. The number of carboxylic acid groups (broad SMARTS) is 1. The molecule has 0 bridgehead atoms. The normalized spacial score (nSPS) is 20.1. The summed E-state index contributed by atoms with van der Waals surface area (Å²) in [6.45, 7) is 8.81. The number of benzene rings is 1. The summed E-state index contributed by atoms with van der Waals surface area (Å²) in [7, 11) is 0. The monoisotopic (exact) mass is 326 g/mol. The topological polar surface area (TPSA) is 75.3 Å². The van der Waals surface area contributed by atoms with Gasteiger partial charge in [0.15, 0.2) is 0 Å². The summed E-state index contributed by atoms with van der Waals surface area (Å²) in [5, 5.41) is 12.5. The van der Waals surface area contributed by atoms with E-state index in [1.807, 2.05) is 0 Å². The van der Waals surface area contributed by atoms with E-state index < -0.39 is 5.97 Å². The number of nitrogen functional groups attached to an aromatic ring is 1.